The van der Waals surface area contributed by atoms with Crippen molar-refractivity contribution in [3.63, 3.8) is 0 Å². The van der Waals surface area contributed by atoms with Gasteiger partial charge in [-0.1, -0.05) is 0 Å². The van der Waals surface area contributed by atoms with Gasteiger partial charge in [0.2, 0.25) is 11.8 Å². The Morgan fingerprint density at radius 3 is 2.27 bits per heavy atom. The number of hydrogen-bond donors (Lipinski definition) is 1. The number of halogens is 2. The number of anilines is 3. The third-order valence-electron chi connectivity index (χ3n) is 6.34. The van der Waals surface area contributed by atoms with E-state index in [0.29, 0.717) is 35.3 Å². The number of carbonyl (C=O) groups is 2. The molecule has 1 fully saturated rings. The molecule has 1 aliphatic carbocycles. The van der Waals surface area contributed by atoms with E-state index in [1.165, 1.54) is 41.3 Å². The third-order valence-corrected chi connectivity index (χ3v) is 6.34. The first kappa shape index (κ1) is 24.1. The van der Waals surface area contributed by atoms with Gasteiger partial charge in [-0.3, -0.25) is 19.5 Å². The van der Waals surface area contributed by atoms with E-state index in [1.807, 2.05) is 19.0 Å². The molecular formula is C27H23F2N5O3. The van der Waals surface area contributed by atoms with Crippen LogP contribution in [0.3, 0.4) is 0 Å². The summed E-state index contributed by atoms with van der Waals surface area (Å²) < 4.78 is 34.7. The number of carbonyl (C=O) groups excluding carboxylic acids is 2. The van der Waals surface area contributed by atoms with Gasteiger partial charge in [0.25, 0.3) is 0 Å². The number of amides is 2. The van der Waals surface area contributed by atoms with Crippen molar-refractivity contribution in [2.45, 2.75) is 12.8 Å². The van der Waals surface area contributed by atoms with Crippen LogP contribution in [0.2, 0.25) is 0 Å². The van der Waals surface area contributed by atoms with E-state index in [-0.39, 0.29) is 17.1 Å². The maximum atomic E-state index is 15.3. The molecule has 8 nitrogen and oxygen atoms in total. The maximum absolute atomic E-state index is 15.3. The van der Waals surface area contributed by atoms with E-state index in [9.17, 15) is 14.0 Å². The van der Waals surface area contributed by atoms with Crippen LogP contribution >= 0.6 is 0 Å². The number of primary amides is 1. The van der Waals surface area contributed by atoms with Crippen molar-refractivity contribution in [3.05, 3.63) is 78.6 Å². The summed E-state index contributed by atoms with van der Waals surface area (Å²) >= 11 is 0. The molecule has 0 unspecified atom stereocenters. The van der Waals surface area contributed by atoms with Crippen LogP contribution in [-0.2, 0) is 9.59 Å². The summed E-state index contributed by atoms with van der Waals surface area (Å²) in [6.07, 6.45) is 3.74. The molecule has 10 heteroatoms. The van der Waals surface area contributed by atoms with Crippen LogP contribution in [0.4, 0.5) is 26.0 Å². The summed E-state index contributed by atoms with van der Waals surface area (Å²) in [6, 6.07) is 12.5. The van der Waals surface area contributed by atoms with Crippen LogP contribution in [0.25, 0.3) is 10.9 Å². The quantitative estimate of drug-likeness (QED) is 0.367. The minimum atomic E-state index is -1.37. The van der Waals surface area contributed by atoms with Gasteiger partial charge in [0.1, 0.15) is 22.8 Å². The van der Waals surface area contributed by atoms with Crippen LogP contribution < -0.4 is 20.3 Å². The van der Waals surface area contributed by atoms with Gasteiger partial charge in [0, 0.05) is 44.3 Å². The van der Waals surface area contributed by atoms with Gasteiger partial charge in [-0.15, -0.1) is 0 Å². The van der Waals surface area contributed by atoms with E-state index < -0.39 is 28.9 Å². The van der Waals surface area contributed by atoms with Gasteiger partial charge in [-0.2, -0.15) is 0 Å². The second kappa shape index (κ2) is 9.12. The summed E-state index contributed by atoms with van der Waals surface area (Å²) in [7, 11) is 3.72. The van der Waals surface area contributed by atoms with Crippen LogP contribution in [0.15, 0.2) is 67.0 Å². The molecule has 4 aromatic rings. The fourth-order valence-electron chi connectivity index (χ4n) is 4.05. The normalized spacial score (nSPS) is 13.7. The molecule has 5 rings (SSSR count). The zero-order valence-electron chi connectivity index (χ0n) is 20.1. The average molecular weight is 504 g/mol. The van der Waals surface area contributed by atoms with Crippen molar-refractivity contribution >= 4 is 39.9 Å². The van der Waals surface area contributed by atoms with Gasteiger partial charge in [-0.25, -0.2) is 13.8 Å². The monoisotopic (exact) mass is 503 g/mol. The summed E-state index contributed by atoms with van der Waals surface area (Å²) in [4.78, 5) is 37.2. The Balaban J connectivity index is 1.50. The number of aromatic nitrogens is 2. The van der Waals surface area contributed by atoms with E-state index in [1.54, 1.807) is 24.5 Å². The minimum absolute atomic E-state index is 0.0875. The second-order valence-electron chi connectivity index (χ2n) is 9.04. The SMILES string of the molecule is CN(C)c1cc2nccc(Oc3ccc(N(C(=O)C4(C(N)=O)CC4)c4ccc(F)cc4)cc3F)c2cn1. The Hall–Kier alpha value is -4.60. The lowest BCUT2D eigenvalue weighted by molar-refractivity contribution is -0.133. The molecule has 2 aromatic heterocycles. The lowest BCUT2D eigenvalue weighted by Crippen LogP contribution is -2.41. The van der Waals surface area contributed by atoms with Crippen LogP contribution in [-0.4, -0.2) is 35.9 Å². The van der Waals surface area contributed by atoms with E-state index in [4.69, 9.17) is 10.5 Å². The van der Waals surface area contributed by atoms with E-state index in [0.717, 1.165) is 6.07 Å². The standard InChI is InChI=1S/C27H23F2N5O3/c1-33(2)24-14-21-19(15-32-24)22(9-12-31-21)37-23-8-7-18(13-20(23)29)34(17-5-3-16(28)4-6-17)26(36)27(10-11-27)25(30)35/h3-9,12-15H,10-11H2,1-2H3,(H2,30,35). The molecule has 0 bridgehead atoms. The third kappa shape index (κ3) is 4.42. The first-order valence-electron chi connectivity index (χ1n) is 11.5. The number of nitrogens with two attached hydrogens (primary N) is 1. The number of hydrogen-bond acceptors (Lipinski definition) is 6. The van der Waals surface area contributed by atoms with Crippen molar-refractivity contribution < 1.29 is 23.1 Å². The van der Waals surface area contributed by atoms with E-state index in [2.05, 4.69) is 9.97 Å². The number of fused-ring (bicyclic) bond motifs is 1. The molecule has 0 atom stereocenters. The van der Waals surface area contributed by atoms with Crippen molar-refractivity contribution in [3.8, 4) is 11.5 Å². The first-order valence-corrected chi connectivity index (χ1v) is 11.5. The Bertz CT molecular complexity index is 1520. The van der Waals surface area contributed by atoms with Crippen LogP contribution in [0, 0.1) is 17.0 Å². The second-order valence-corrected chi connectivity index (χ2v) is 9.04. The average Bonchev–Trinajstić information content (AvgIpc) is 3.69. The lowest BCUT2D eigenvalue weighted by atomic mass is 10.0. The lowest BCUT2D eigenvalue weighted by Gasteiger charge is -2.26. The van der Waals surface area contributed by atoms with Crippen molar-refractivity contribution in [1.29, 1.82) is 0 Å². The largest absolute Gasteiger partial charge is 0.453 e. The Labute approximate surface area is 211 Å². The molecule has 2 amide bonds. The van der Waals surface area contributed by atoms with Gasteiger partial charge >= 0.3 is 0 Å². The Morgan fingerprint density at radius 1 is 0.946 bits per heavy atom. The highest BCUT2D eigenvalue weighted by Gasteiger charge is 2.57. The number of rotatable bonds is 7. The number of pyridine rings is 2. The Kier molecular flexibility index (Phi) is 5.94. The molecule has 0 saturated heterocycles. The van der Waals surface area contributed by atoms with Gasteiger partial charge < -0.3 is 15.4 Å². The predicted molar refractivity (Wildman–Crippen MR) is 135 cm³/mol. The summed E-state index contributed by atoms with van der Waals surface area (Å²) in [5, 5.41) is 0.594. The number of benzene rings is 2. The van der Waals surface area contributed by atoms with Crippen LogP contribution in [0.5, 0.6) is 11.5 Å². The molecule has 0 spiro atoms. The summed E-state index contributed by atoms with van der Waals surface area (Å²) in [5.74, 6) is -1.61. The number of nitrogens with zero attached hydrogens (tertiary/aromatic N) is 4. The minimum Gasteiger partial charge on any atom is -0.453 e. The maximum Gasteiger partial charge on any atom is 0.247 e. The van der Waals surface area contributed by atoms with Crippen LogP contribution in [0.1, 0.15) is 12.8 Å². The summed E-state index contributed by atoms with van der Waals surface area (Å²) in [6.45, 7) is 0. The molecule has 0 aliphatic heterocycles. The highest BCUT2D eigenvalue weighted by Crippen LogP contribution is 2.49. The number of ether oxygens (including phenoxy) is 1. The molecular weight excluding hydrogens is 480 g/mol. The molecule has 2 N–H and O–H groups in total. The Morgan fingerprint density at radius 2 is 1.65 bits per heavy atom. The molecule has 188 valence electrons. The molecule has 2 aromatic carbocycles. The molecule has 1 saturated carbocycles. The first-order chi connectivity index (χ1) is 17.7. The highest BCUT2D eigenvalue weighted by molar-refractivity contribution is 6.16. The summed E-state index contributed by atoms with van der Waals surface area (Å²) in [5.41, 5.74) is 5.19. The zero-order valence-corrected chi connectivity index (χ0v) is 20.1. The zero-order chi connectivity index (χ0) is 26.3. The van der Waals surface area contributed by atoms with Gasteiger partial charge in [-0.05, 0) is 55.3 Å². The molecule has 0 radical (unpaired) electrons. The smallest absolute Gasteiger partial charge is 0.247 e. The molecule has 37 heavy (non-hydrogen) atoms. The van der Waals surface area contributed by atoms with Gasteiger partial charge in [0.15, 0.2) is 11.6 Å². The fourth-order valence-corrected chi connectivity index (χ4v) is 4.05. The van der Waals surface area contributed by atoms with Crippen molar-refractivity contribution in [2.75, 3.05) is 23.9 Å². The topological polar surface area (TPSA) is 102 Å². The van der Waals surface area contributed by atoms with Crippen molar-refractivity contribution in [2.24, 2.45) is 11.1 Å². The molecule has 2 heterocycles. The van der Waals surface area contributed by atoms with Gasteiger partial charge in [0.05, 0.1) is 16.6 Å². The molecule has 1 aliphatic rings. The predicted octanol–water partition coefficient (Wildman–Crippen LogP) is 4.70. The fraction of sp³-hybridized carbons (Fsp3) is 0.185. The highest BCUT2D eigenvalue weighted by atomic mass is 19.1. The van der Waals surface area contributed by atoms with Crippen molar-refractivity contribution in [1.82, 2.24) is 9.97 Å². The van der Waals surface area contributed by atoms with E-state index >= 15 is 4.39 Å².